The van der Waals surface area contributed by atoms with Crippen molar-refractivity contribution in [1.82, 2.24) is 9.71 Å². The lowest BCUT2D eigenvalue weighted by Gasteiger charge is -2.20. The van der Waals surface area contributed by atoms with Crippen LogP contribution < -0.4 is 4.72 Å². The maximum absolute atomic E-state index is 12.7. The van der Waals surface area contributed by atoms with Crippen molar-refractivity contribution >= 4 is 20.1 Å². The third-order valence-electron chi connectivity index (χ3n) is 4.97. The number of sulfonamides is 1. The molecule has 31 heavy (non-hydrogen) atoms. The van der Waals surface area contributed by atoms with E-state index in [1.54, 1.807) is 48.8 Å². The van der Waals surface area contributed by atoms with E-state index in [0.29, 0.717) is 5.56 Å². The van der Waals surface area contributed by atoms with Gasteiger partial charge in [-0.3, -0.25) is 9.54 Å². The number of hydrogen-bond acceptors (Lipinski definition) is 5. The summed E-state index contributed by atoms with van der Waals surface area (Å²) in [5, 5.41) is 0. The van der Waals surface area contributed by atoms with Crippen LogP contribution in [0.3, 0.4) is 0 Å². The normalized spacial score (nSPS) is 13.1. The topological polar surface area (TPSA) is 113 Å². The Kier molecular flexibility index (Phi) is 6.90. The van der Waals surface area contributed by atoms with Gasteiger partial charge in [-0.2, -0.15) is 8.42 Å². The lowest BCUT2D eigenvalue weighted by atomic mass is 9.92. The lowest BCUT2D eigenvalue weighted by molar-refractivity contribution is 0.481. The number of nitrogens with one attached hydrogen (secondary N) is 1. The molecular weight excluding hydrogens is 436 g/mol. The van der Waals surface area contributed by atoms with Crippen molar-refractivity contribution in [2.24, 2.45) is 0 Å². The van der Waals surface area contributed by atoms with Crippen LogP contribution >= 0.6 is 0 Å². The summed E-state index contributed by atoms with van der Waals surface area (Å²) in [5.41, 5.74) is 2.93. The molecule has 0 bridgehead atoms. The average Bonchev–Trinajstić information content (AvgIpc) is 2.71. The highest BCUT2D eigenvalue weighted by atomic mass is 32.2. The number of nitrogens with zero attached hydrogens (tertiary/aromatic N) is 1. The Morgan fingerprint density at radius 1 is 0.968 bits per heavy atom. The second-order valence-corrected chi connectivity index (χ2v) is 10.6. The highest BCUT2D eigenvalue weighted by Gasteiger charge is 2.22. The molecule has 3 rings (SSSR count). The van der Waals surface area contributed by atoms with Gasteiger partial charge >= 0.3 is 0 Å². The van der Waals surface area contributed by atoms with E-state index in [1.807, 2.05) is 13.8 Å². The molecule has 0 saturated carbocycles. The number of aryl methyl sites for hydroxylation is 2. The van der Waals surface area contributed by atoms with Crippen molar-refractivity contribution in [3.63, 3.8) is 0 Å². The highest BCUT2D eigenvalue weighted by molar-refractivity contribution is 7.89. The van der Waals surface area contributed by atoms with Crippen molar-refractivity contribution in [2.45, 2.75) is 36.0 Å². The van der Waals surface area contributed by atoms with E-state index in [9.17, 15) is 21.4 Å². The van der Waals surface area contributed by atoms with Crippen LogP contribution in [0.25, 0.3) is 0 Å². The number of hydrogen-bond donors (Lipinski definition) is 2. The maximum atomic E-state index is 12.7. The van der Waals surface area contributed by atoms with Crippen LogP contribution in [0.2, 0.25) is 0 Å². The standard InChI is InChI=1S/C22H24N2O5S2/c1-16-5-8-21(9-6-16)30(25,26)24-15-20(18-4-3-11-23-14-18)13-19-12-17(2)7-10-22(19)31(27,28)29/h3-12,14,20,24H,13,15H2,1-2H3,(H,27,28,29). The van der Waals surface area contributed by atoms with Crippen LogP contribution in [-0.2, 0) is 26.6 Å². The molecule has 3 aromatic rings. The van der Waals surface area contributed by atoms with Gasteiger partial charge in [0.2, 0.25) is 10.0 Å². The second-order valence-electron chi connectivity index (χ2n) is 7.44. The Labute approximate surface area is 183 Å². The quantitative estimate of drug-likeness (QED) is 0.499. The predicted octanol–water partition coefficient (Wildman–Crippen LogP) is 3.25. The summed E-state index contributed by atoms with van der Waals surface area (Å²) in [4.78, 5) is 4.07. The molecule has 0 aliphatic rings. The summed E-state index contributed by atoms with van der Waals surface area (Å²) in [5.74, 6) is -0.406. The van der Waals surface area contributed by atoms with Gasteiger partial charge in [0.1, 0.15) is 0 Å². The summed E-state index contributed by atoms with van der Waals surface area (Å²) in [6.45, 7) is 3.72. The molecule has 0 spiro atoms. The molecule has 1 atom stereocenters. The molecule has 1 aromatic heterocycles. The lowest BCUT2D eigenvalue weighted by Crippen LogP contribution is -2.29. The van der Waals surface area contributed by atoms with Gasteiger partial charge in [-0.15, -0.1) is 0 Å². The van der Waals surface area contributed by atoms with E-state index in [0.717, 1.165) is 16.7 Å². The second kappa shape index (κ2) is 9.27. The van der Waals surface area contributed by atoms with Crippen LogP contribution in [0.5, 0.6) is 0 Å². The average molecular weight is 461 g/mol. The Morgan fingerprint density at radius 2 is 1.65 bits per heavy atom. The molecule has 7 nitrogen and oxygen atoms in total. The van der Waals surface area contributed by atoms with E-state index >= 15 is 0 Å². The van der Waals surface area contributed by atoms with Gasteiger partial charge in [0.25, 0.3) is 10.1 Å². The van der Waals surface area contributed by atoms with Crippen LogP contribution in [0.1, 0.15) is 28.2 Å². The molecule has 1 unspecified atom stereocenters. The smallest absolute Gasteiger partial charge is 0.282 e. The first-order chi connectivity index (χ1) is 14.6. The molecule has 0 fully saturated rings. The largest absolute Gasteiger partial charge is 0.294 e. The molecule has 2 N–H and O–H groups in total. The van der Waals surface area contributed by atoms with Gasteiger partial charge in [0.05, 0.1) is 9.79 Å². The molecule has 0 radical (unpaired) electrons. The zero-order chi connectivity index (χ0) is 22.6. The summed E-state index contributed by atoms with van der Waals surface area (Å²) < 4.78 is 61.4. The Hall–Kier alpha value is -2.59. The first-order valence-corrected chi connectivity index (χ1v) is 12.5. The van der Waals surface area contributed by atoms with Gasteiger partial charge in [0.15, 0.2) is 0 Å². The number of rotatable bonds is 8. The Balaban J connectivity index is 1.92. The van der Waals surface area contributed by atoms with Gasteiger partial charge in [0, 0.05) is 24.9 Å². The van der Waals surface area contributed by atoms with Crippen LogP contribution in [-0.4, -0.2) is 32.9 Å². The third-order valence-corrected chi connectivity index (χ3v) is 7.36. The van der Waals surface area contributed by atoms with Gasteiger partial charge in [-0.1, -0.05) is 41.5 Å². The first kappa shape index (κ1) is 23.1. The highest BCUT2D eigenvalue weighted by Crippen LogP contribution is 2.26. The molecule has 0 aliphatic heterocycles. The zero-order valence-corrected chi connectivity index (χ0v) is 18.8. The summed E-state index contributed by atoms with van der Waals surface area (Å²) in [6.07, 6.45) is 3.42. The van der Waals surface area contributed by atoms with Crippen molar-refractivity contribution in [3.8, 4) is 0 Å². The Bertz CT molecular complexity index is 1260. The van der Waals surface area contributed by atoms with Crippen molar-refractivity contribution in [2.75, 3.05) is 6.54 Å². The number of benzene rings is 2. The maximum Gasteiger partial charge on any atom is 0.294 e. The molecule has 164 valence electrons. The Morgan fingerprint density at radius 3 is 2.26 bits per heavy atom. The molecule has 2 aromatic carbocycles. The molecule has 0 saturated heterocycles. The SMILES string of the molecule is Cc1ccc(S(=O)(=O)NCC(Cc2cc(C)ccc2S(=O)(=O)O)c2cccnc2)cc1. The fourth-order valence-electron chi connectivity index (χ4n) is 3.32. The van der Waals surface area contributed by atoms with E-state index in [2.05, 4.69) is 9.71 Å². The fourth-order valence-corrected chi connectivity index (χ4v) is 5.12. The van der Waals surface area contributed by atoms with Gasteiger partial charge in [-0.25, -0.2) is 13.1 Å². The van der Waals surface area contributed by atoms with Crippen molar-refractivity contribution in [3.05, 3.63) is 89.2 Å². The van der Waals surface area contributed by atoms with E-state index in [4.69, 9.17) is 0 Å². The first-order valence-electron chi connectivity index (χ1n) is 9.59. The van der Waals surface area contributed by atoms with Gasteiger partial charge < -0.3 is 0 Å². The van der Waals surface area contributed by atoms with E-state index in [1.165, 1.54) is 18.2 Å². The van der Waals surface area contributed by atoms with Crippen molar-refractivity contribution < 1.29 is 21.4 Å². The minimum Gasteiger partial charge on any atom is -0.282 e. The monoisotopic (exact) mass is 460 g/mol. The third kappa shape index (κ3) is 5.98. The van der Waals surface area contributed by atoms with Crippen LogP contribution in [0, 0.1) is 13.8 Å². The number of aromatic nitrogens is 1. The summed E-state index contributed by atoms with van der Waals surface area (Å²) in [7, 11) is -8.18. The van der Waals surface area contributed by atoms with Crippen LogP contribution in [0.15, 0.2) is 76.8 Å². The fraction of sp³-hybridized carbons (Fsp3) is 0.227. The summed E-state index contributed by atoms with van der Waals surface area (Å²) in [6, 6.07) is 14.7. The molecule has 0 amide bonds. The predicted molar refractivity (Wildman–Crippen MR) is 118 cm³/mol. The minimum absolute atomic E-state index is 0.0285. The van der Waals surface area contributed by atoms with E-state index < -0.39 is 26.1 Å². The summed E-state index contributed by atoms with van der Waals surface area (Å²) >= 11 is 0. The zero-order valence-electron chi connectivity index (χ0n) is 17.2. The molecule has 0 aliphatic carbocycles. The van der Waals surface area contributed by atoms with E-state index in [-0.39, 0.29) is 22.8 Å². The van der Waals surface area contributed by atoms with Crippen molar-refractivity contribution in [1.29, 1.82) is 0 Å². The van der Waals surface area contributed by atoms with Gasteiger partial charge in [-0.05, 0) is 55.7 Å². The molecule has 9 heteroatoms. The minimum atomic E-state index is -4.42. The van der Waals surface area contributed by atoms with Crippen LogP contribution in [0.4, 0.5) is 0 Å². The number of pyridine rings is 1. The molecule has 1 heterocycles. The molecular formula is C22H24N2O5S2.